The highest BCUT2D eigenvalue weighted by atomic mass is 79.9. The molecule has 19 heavy (non-hydrogen) atoms. The first-order valence-corrected chi connectivity index (χ1v) is 7.78. The molecule has 2 rings (SSSR count). The maximum absolute atomic E-state index is 12.2. The van der Waals surface area contributed by atoms with Crippen LogP contribution < -0.4 is 5.32 Å². The van der Waals surface area contributed by atoms with Crippen LogP contribution in [0.3, 0.4) is 0 Å². The lowest BCUT2D eigenvalue weighted by Gasteiger charge is -2.16. The van der Waals surface area contributed by atoms with E-state index in [1.807, 2.05) is 18.2 Å². The molecule has 0 heterocycles. The number of halogens is 1. The number of ether oxygens (including phenoxy) is 1. The largest absolute Gasteiger partial charge is 0.383 e. The van der Waals surface area contributed by atoms with Crippen molar-refractivity contribution in [2.24, 2.45) is 5.92 Å². The van der Waals surface area contributed by atoms with Crippen LogP contribution in [0, 0.1) is 5.92 Å². The number of benzene rings is 1. The Morgan fingerprint density at radius 1 is 1.47 bits per heavy atom. The van der Waals surface area contributed by atoms with Gasteiger partial charge in [-0.1, -0.05) is 46.3 Å². The van der Waals surface area contributed by atoms with Gasteiger partial charge in [-0.15, -0.1) is 0 Å². The molecule has 3 nitrogen and oxygen atoms in total. The molecule has 0 saturated heterocycles. The lowest BCUT2D eigenvalue weighted by molar-refractivity contribution is -0.123. The molecule has 1 fully saturated rings. The van der Waals surface area contributed by atoms with Crippen molar-refractivity contribution < 1.29 is 9.53 Å². The van der Waals surface area contributed by atoms with Gasteiger partial charge in [0.15, 0.2) is 0 Å². The summed E-state index contributed by atoms with van der Waals surface area (Å²) in [6.07, 6.45) is 1.85. The Bertz CT molecular complexity index is 404. The van der Waals surface area contributed by atoms with Gasteiger partial charge in [0.05, 0.1) is 12.6 Å². The Hall–Kier alpha value is -0.870. The van der Waals surface area contributed by atoms with E-state index in [1.54, 1.807) is 7.11 Å². The third-order valence-corrected chi connectivity index (χ3v) is 3.98. The standard InChI is InChI=1S/C15H20BrNO2/c1-19-10-12(7-8-16)17-15(18)14-9-13(14)11-5-3-2-4-6-11/h2-6,12-14H,7-10H2,1H3,(H,17,18). The summed E-state index contributed by atoms with van der Waals surface area (Å²) in [5.41, 5.74) is 1.27. The second-order valence-electron chi connectivity index (χ2n) is 5.00. The van der Waals surface area contributed by atoms with Gasteiger partial charge in [-0.05, 0) is 24.3 Å². The van der Waals surface area contributed by atoms with Crippen LogP contribution >= 0.6 is 15.9 Å². The van der Waals surface area contributed by atoms with E-state index in [0.717, 1.165) is 18.2 Å². The van der Waals surface area contributed by atoms with Gasteiger partial charge < -0.3 is 10.1 Å². The molecule has 1 saturated carbocycles. The van der Waals surface area contributed by atoms with Crippen LogP contribution in [0.5, 0.6) is 0 Å². The van der Waals surface area contributed by atoms with Gasteiger partial charge in [-0.2, -0.15) is 0 Å². The van der Waals surface area contributed by atoms with Crippen LogP contribution in [0.4, 0.5) is 0 Å². The molecule has 104 valence electrons. The van der Waals surface area contributed by atoms with E-state index in [4.69, 9.17) is 4.74 Å². The molecular formula is C15H20BrNO2. The number of methoxy groups -OCH3 is 1. The molecular weight excluding hydrogens is 306 g/mol. The normalized spacial score (nSPS) is 22.8. The summed E-state index contributed by atoms with van der Waals surface area (Å²) in [5, 5.41) is 3.96. The maximum Gasteiger partial charge on any atom is 0.224 e. The Morgan fingerprint density at radius 2 is 2.21 bits per heavy atom. The Morgan fingerprint density at radius 3 is 2.84 bits per heavy atom. The number of nitrogens with one attached hydrogen (secondary N) is 1. The van der Waals surface area contributed by atoms with Crippen molar-refractivity contribution in [1.82, 2.24) is 5.32 Å². The summed E-state index contributed by atoms with van der Waals surface area (Å²) in [5.74, 6) is 0.697. The van der Waals surface area contributed by atoms with Gasteiger partial charge in [0, 0.05) is 18.4 Å². The van der Waals surface area contributed by atoms with E-state index in [9.17, 15) is 4.79 Å². The molecule has 1 amide bonds. The lowest BCUT2D eigenvalue weighted by Crippen LogP contribution is -2.39. The van der Waals surface area contributed by atoms with Gasteiger partial charge in [-0.25, -0.2) is 0 Å². The number of rotatable bonds is 7. The minimum Gasteiger partial charge on any atom is -0.383 e. The first kappa shape index (κ1) is 14.5. The number of hydrogen-bond donors (Lipinski definition) is 1. The average Bonchev–Trinajstić information content (AvgIpc) is 3.20. The van der Waals surface area contributed by atoms with Crippen LogP contribution in [0.1, 0.15) is 24.3 Å². The zero-order valence-electron chi connectivity index (χ0n) is 11.1. The number of hydrogen-bond acceptors (Lipinski definition) is 2. The van der Waals surface area contributed by atoms with Crippen LogP contribution in [0.25, 0.3) is 0 Å². The highest BCUT2D eigenvalue weighted by Crippen LogP contribution is 2.47. The number of carbonyl (C=O) groups is 1. The average molecular weight is 326 g/mol. The summed E-state index contributed by atoms with van der Waals surface area (Å²) in [7, 11) is 1.66. The molecule has 1 aliphatic rings. The number of amides is 1. The SMILES string of the molecule is COCC(CCBr)NC(=O)C1CC1c1ccccc1. The van der Waals surface area contributed by atoms with Crippen LogP contribution in [-0.4, -0.2) is 31.0 Å². The Labute approximate surface area is 122 Å². The van der Waals surface area contributed by atoms with Crippen LogP contribution in [0.15, 0.2) is 30.3 Å². The molecule has 4 heteroatoms. The van der Waals surface area contributed by atoms with Crippen molar-refractivity contribution in [1.29, 1.82) is 0 Å². The van der Waals surface area contributed by atoms with E-state index in [1.165, 1.54) is 5.56 Å². The molecule has 1 N–H and O–H groups in total. The highest BCUT2D eigenvalue weighted by molar-refractivity contribution is 9.09. The van der Waals surface area contributed by atoms with Gasteiger partial charge in [0.2, 0.25) is 5.91 Å². The van der Waals surface area contributed by atoms with Crippen LogP contribution in [0.2, 0.25) is 0 Å². The predicted molar refractivity (Wildman–Crippen MR) is 79.5 cm³/mol. The van der Waals surface area contributed by atoms with Crippen molar-refractivity contribution >= 4 is 21.8 Å². The van der Waals surface area contributed by atoms with Crippen molar-refractivity contribution in [3.63, 3.8) is 0 Å². The highest BCUT2D eigenvalue weighted by Gasteiger charge is 2.44. The van der Waals surface area contributed by atoms with E-state index >= 15 is 0 Å². The molecule has 0 aliphatic heterocycles. The number of alkyl halides is 1. The smallest absolute Gasteiger partial charge is 0.224 e. The molecule has 0 radical (unpaired) electrons. The summed E-state index contributed by atoms with van der Waals surface area (Å²) >= 11 is 3.40. The molecule has 1 aromatic carbocycles. The van der Waals surface area contributed by atoms with Crippen LogP contribution in [-0.2, 0) is 9.53 Å². The van der Waals surface area contributed by atoms with Crippen molar-refractivity contribution in [2.45, 2.75) is 24.8 Å². The van der Waals surface area contributed by atoms with Crippen molar-refractivity contribution in [3.05, 3.63) is 35.9 Å². The van der Waals surface area contributed by atoms with E-state index in [0.29, 0.717) is 12.5 Å². The fourth-order valence-corrected chi connectivity index (χ4v) is 2.94. The van der Waals surface area contributed by atoms with Gasteiger partial charge in [-0.3, -0.25) is 4.79 Å². The molecule has 3 atom stereocenters. The monoisotopic (exact) mass is 325 g/mol. The van der Waals surface area contributed by atoms with E-state index in [2.05, 4.69) is 33.4 Å². The zero-order valence-corrected chi connectivity index (χ0v) is 12.7. The predicted octanol–water partition coefficient (Wildman–Crippen LogP) is 2.71. The molecule has 0 aromatic heterocycles. The fourth-order valence-electron chi connectivity index (χ4n) is 2.39. The minimum absolute atomic E-state index is 0.105. The van der Waals surface area contributed by atoms with Gasteiger partial charge in [0.1, 0.15) is 0 Å². The summed E-state index contributed by atoms with van der Waals surface area (Å²) in [4.78, 5) is 12.2. The summed E-state index contributed by atoms with van der Waals surface area (Å²) in [6, 6.07) is 10.4. The summed E-state index contributed by atoms with van der Waals surface area (Å²) < 4.78 is 5.13. The number of carbonyl (C=O) groups excluding carboxylic acids is 1. The van der Waals surface area contributed by atoms with Crippen molar-refractivity contribution in [3.8, 4) is 0 Å². The molecule has 0 spiro atoms. The second-order valence-corrected chi connectivity index (χ2v) is 5.79. The molecule has 3 unspecified atom stereocenters. The van der Waals surface area contributed by atoms with E-state index < -0.39 is 0 Å². The topological polar surface area (TPSA) is 38.3 Å². The molecule has 1 aromatic rings. The third kappa shape index (κ3) is 4.05. The van der Waals surface area contributed by atoms with Gasteiger partial charge >= 0.3 is 0 Å². The van der Waals surface area contributed by atoms with Crippen molar-refractivity contribution in [2.75, 3.05) is 19.0 Å². The minimum atomic E-state index is 0.105. The zero-order chi connectivity index (χ0) is 13.7. The summed E-state index contributed by atoms with van der Waals surface area (Å²) in [6.45, 7) is 0.570. The van der Waals surface area contributed by atoms with Gasteiger partial charge in [0.25, 0.3) is 0 Å². The van der Waals surface area contributed by atoms with E-state index in [-0.39, 0.29) is 17.9 Å². The quantitative estimate of drug-likeness (QED) is 0.783. The molecule has 0 bridgehead atoms. The Kier molecular flexibility index (Phi) is 5.40. The third-order valence-electron chi connectivity index (χ3n) is 3.53. The first-order chi connectivity index (χ1) is 9.26. The maximum atomic E-state index is 12.2. The Balaban J connectivity index is 1.85. The fraction of sp³-hybridized carbons (Fsp3) is 0.533. The molecule has 1 aliphatic carbocycles. The lowest BCUT2D eigenvalue weighted by atomic mass is 10.1. The first-order valence-electron chi connectivity index (χ1n) is 6.66. The second kappa shape index (κ2) is 7.06.